The van der Waals surface area contributed by atoms with Crippen molar-refractivity contribution in [3.8, 4) is 0 Å². The van der Waals surface area contributed by atoms with Gasteiger partial charge in [-0.15, -0.1) is 0 Å². The van der Waals surface area contributed by atoms with Crippen molar-refractivity contribution in [2.75, 3.05) is 11.6 Å². The molecule has 2 fully saturated rings. The number of aromatic nitrogens is 3. The van der Waals surface area contributed by atoms with Crippen LogP contribution in [-0.2, 0) is 15.7 Å². The summed E-state index contributed by atoms with van der Waals surface area (Å²) in [7, 11) is -3.37. The summed E-state index contributed by atoms with van der Waals surface area (Å²) in [5.74, 6) is -0.0165. The van der Waals surface area contributed by atoms with Crippen LogP contribution in [0.2, 0.25) is 0 Å². The number of aliphatic hydroxyl groups excluding tert-OH is 1. The molecule has 2 bridgehead atoms. The Morgan fingerprint density at radius 3 is 2.53 bits per heavy atom. The highest BCUT2D eigenvalue weighted by Crippen LogP contribution is 2.37. The second-order valence-corrected chi connectivity index (χ2v) is 10.8. The lowest BCUT2D eigenvalue weighted by molar-refractivity contribution is 0.0282. The van der Waals surface area contributed by atoms with E-state index in [1.165, 1.54) is 4.68 Å². The van der Waals surface area contributed by atoms with Crippen molar-refractivity contribution in [1.29, 1.82) is 0 Å². The average molecular weight is 456 g/mol. The summed E-state index contributed by atoms with van der Waals surface area (Å²) in [4.78, 5) is 19.6. The number of para-hydroxylation sites is 1. The number of nitrogens with one attached hydrogen (secondary N) is 1. The molecule has 2 atom stereocenters. The number of anilines is 2. The van der Waals surface area contributed by atoms with Crippen LogP contribution in [0.25, 0.3) is 10.9 Å². The zero-order valence-corrected chi connectivity index (χ0v) is 18.5. The number of carbonyl (C=O) groups excluding carboxylic acids is 1. The van der Waals surface area contributed by atoms with Gasteiger partial charge in [0.15, 0.2) is 15.7 Å². The number of carbonyl (C=O) groups is 1. The molecule has 1 aromatic carbocycles. The van der Waals surface area contributed by atoms with Crippen molar-refractivity contribution in [2.45, 2.75) is 49.7 Å². The number of aliphatic hydroxyl groups is 1. The predicted octanol–water partition coefficient (Wildman–Crippen LogP) is 2.30. The number of amides is 1. The van der Waals surface area contributed by atoms with E-state index < -0.39 is 9.84 Å². The Labute approximate surface area is 186 Å². The molecular formula is C22H25N5O4S. The lowest BCUT2D eigenvalue weighted by Gasteiger charge is -2.37. The highest BCUT2D eigenvalue weighted by atomic mass is 32.2. The number of sulfone groups is 1. The van der Waals surface area contributed by atoms with Crippen molar-refractivity contribution in [2.24, 2.45) is 0 Å². The van der Waals surface area contributed by atoms with Crippen LogP contribution in [0.1, 0.15) is 36.2 Å². The van der Waals surface area contributed by atoms with Crippen LogP contribution < -0.4 is 5.32 Å². The number of fused-ring (bicyclic) bond motifs is 3. The van der Waals surface area contributed by atoms with Gasteiger partial charge in [-0.25, -0.2) is 13.1 Å². The molecule has 9 nitrogen and oxygen atoms in total. The summed E-state index contributed by atoms with van der Waals surface area (Å²) in [6.45, 7) is 0. The maximum atomic E-state index is 13.3. The Morgan fingerprint density at radius 2 is 1.88 bits per heavy atom. The van der Waals surface area contributed by atoms with Gasteiger partial charge in [0.2, 0.25) is 0 Å². The molecule has 2 aliphatic rings. The lowest BCUT2D eigenvalue weighted by Crippen LogP contribution is -2.48. The fourth-order valence-electron chi connectivity index (χ4n) is 4.87. The van der Waals surface area contributed by atoms with Crippen molar-refractivity contribution >= 4 is 38.2 Å². The molecule has 2 aromatic heterocycles. The van der Waals surface area contributed by atoms with Crippen molar-refractivity contribution in [3.05, 3.63) is 48.3 Å². The largest absolute Gasteiger partial charge is 0.393 e. The van der Waals surface area contributed by atoms with Crippen LogP contribution in [0.15, 0.2) is 42.6 Å². The quantitative estimate of drug-likeness (QED) is 0.606. The first kappa shape index (κ1) is 20.9. The van der Waals surface area contributed by atoms with E-state index in [1.54, 1.807) is 12.3 Å². The molecule has 1 amide bonds. The number of rotatable bonds is 5. The van der Waals surface area contributed by atoms with E-state index in [1.807, 2.05) is 35.2 Å². The molecule has 2 unspecified atom stereocenters. The topological polar surface area (TPSA) is 117 Å². The van der Waals surface area contributed by atoms with Crippen LogP contribution in [0.3, 0.4) is 0 Å². The van der Waals surface area contributed by atoms with E-state index in [-0.39, 0.29) is 35.7 Å². The number of pyridine rings is 1. The number of hydrogen-bond donors (Lipinski definition) is 2. The standard InChI is InChI=1S/C22H25N5O4S/c1-32(30,31)13-26-20-11-19(22(29)27-15-7-8-16(27)10-17(28)9-15)23-12-18(20)21(25-26)24-14-5-3-2-4-6-14/h2-6,11-12,15-17,28H,7-10,13H2,1H3,(H,24,25). The Morgan fingerprint density at radius 1 is 1.19 bits per heavy atom. The summed E-state index contributed by atoms with van der Waals surface area (Å²) in [5.41, 5.74) is 1.59. The Balaban J connectivity index is 1.53. The van der Waals surface area contributed by atoms with Crippen molar-refractivity contribution in [3.63, 3.8) is 0 Å². The third-order valence-electron chi connectivity index (χ3n) is 6.19. The third kappa shape index (κ3) is 3.95. The number of benzene rings is 1. The molecule has 2 N–H and O–H groups in total. The highest BCUT2D eigenvalue weighted by molar-refractivity contribution is 7.89. The van der Waals surface area contributed by atoms with Gasteiger partial charge in [-0.05, 0) is 43.9 Å². The van der Waals surface area contributed by atoms with Gasteiger partial charge in [-0.3, -0.25) is 9.78 Å². The molecule has 0 spiro atoms. The van der Waals surface area contributed by atoms with Gasteiger partial charge in [-0.2, -0.15) is 5.10 Å². The maximum Gasteiger partial charge on any atom is 0.273 e. The summed E-state index contributed by atoms with van der Waals surface area (Å²) < 4.78 is 25.4. The number of piperidine rings is 1. The molecule has 10 heteroatoms. The van der Waals surface area contributed by atoms with E-state index in [9.17, 15) is 18.3 Å². The minimum Gasteiger partial charge on any atom is -0.393 e. The summed E-state index contributed by atoms with van der Waals surface area (Å²) in [6, 6.07) is 11.1. The van der Waals surface area contributed by atoms with Gasteiger partial charge in [-0.1, -0.05) is 18.2 Å². The normalized spacial score (nSPS) is 22.9. The first-order valence-corrected chi connectivity index (χ1v) is 12.7. The van der Waals surface area contributed by atoms with Gasteiger partial charge < -0.3 is 15.3 Å². The molecule has 168 valence electrons. The fourth-order valence-corrected chi connectivity index (χ4v) is 5.51. The van der Waals surface area contributed by atoms with E-state index in [0.717, 1.165) is 24.8 Å². The van der Waals surface area contributed by atoms with Gasteiger partial charge in [0.25, 0.3) is 5.91 Å². The van der Waals surface area contributed by atoms with Gasteiger partial charge in [0.05, 0.1) is 17.0 Å². The Kier molecular flexibility index (Phi) is 5.13. The maximum absolute atomic E-state index is 13.3. The minimum absolute atomic E-state index is 0.0185. The third-order valence-corrected chi connectivity index (χ3v) is 6.90. The van der Waals surface area contributed by atoms with Crippen LogP contribution >= 0.6 is 0 Å². The zero-order chi connectivity index (χ0) is 22.5. The van der Waals surface area contributed by atoms with Gasteiger partial charge in [0, 0.05) is 30.2 Å². The van der Waals surface area contributed by atoms with Crippen molar-refractivity contribution in [1.82, 2.24) is 19.7 Å². The lowest BCUT2D eigenvalue weighted by atomic mass is 9.99. The smallest absolute Gasteiger partial charge is 0.273 e. The van der Waals surface area contributed by atoms with Crippen LogP contribution in [0, 0.1) is 0 Å². The SMILES string of the molecule is CS(=O)(=O)Cn1nc(Nc2ccccc2)c2cnc(C(=O)N3C4CCC3CC(O)C4)cc21. The molecule has 5 rings (SSSR count). The summed E-state index contributed by atoms with van der Waals surface area (Å²) in [6.07, 6.45) is 5.28. The second kappa shape index (κ2) is 7.86. The highest BCUT2D eigenvalue weighted by Gasteiger charge is 2.43. The van der Waals surface area contributed by atoms with Gasteiger partial charge in [0.1, 0.15) is 11.6 Å². The molecule has 0 saturated carbocycles. The summed E-state index contributed by atoms with van der Waals surface area (Å²) >= 11 is 0. The Hall–Kier alpha value is -2.98. The molecule has 3 aromatic rings. The van der Waals surface area contributed by atoms with Crippen molar-refractivity contribution < 1.29 is 18.3 Å². The second-order valence-electron chi connectivity index (χ2n) is 8.70. The predicted molar refractivity (Wildman–Crippen MR) is 120 cm³/mol. The van der Waals surface area contributed by atoms with E-state index >= 15 is 0 Å². The minimum atomic E-state index is -3.37. The molecule has 0 radical (unpaired) electrons. The molecule has 4 heterocycles. The first-order chi connectivity index (χ1) is 15.3. The van der Waals surface area contributed by atoms with Crippen LogP contribution in [-0.4, -0.2) is 63.5 Å². The monoisotopic (exact) mass is 455 g/mol. The molecule has 32 heavy (non-hydrogen) atoms. The fraction of sp³-hybridized carbons (Fsp3) is 0.409. The van der Waals surface area contributed by atoms with E-state index in [0.29, 0.717) is 29.6 Å². The summed E-state index contributed by atoms with van der Waals surface area (Å²) in [5, 5.41) is 18.3. The molecular weight excluding hydrogens is 430 g/mol. The van der Waals surface area contributed by atoms with E-state index in [2.05, 4.69) is 15.4 Å². The molecule has 2 aliphatic heterocycles. The average Bonchev–Trinajstić information content (AvgIpc) is 3.21. The number of nitrogens with zero attached hydrogens (tertiary/aromatic N) is 4. The van der Waals surface area contributed by atoms with E-state index in [4.69, 9.17) is 0 Å². The van der Waals surface area contributed by atoms with Crippen LogP contribution in [0.5, 0.6) is 0 Å². The Bertz CT molecular complexity index is 1260. The number of hydrogen-bond acceptors (Lipinski definition) is 7. The first-order valence-electron chi connectivity index (χ1n) is 10.7. The van der Waals surface area contributed by atoms with Crippen LogP contribution in [0.4, 0.5) is 11.5 Å². The molecule has 2 saturated heterocycles. The van der Waals surface area contributed by atoms with Gasteiger partial charge >= 0.3 is 0 Å². The zero-order valence-electron chi connectivity index (χ0n) is 17.7. The molecule has 0 aliphatic carbocycles.